The molecule has 100 valence electrons. The minimum absolute atomic E-state index is 0.0703. The van der Waals surface area contributed by atoms with Gasteiger partial charge in [0, 0.05) is 18.8 Å². The first-order valence-corrected chi connectivity index (χ1v) is 6.23. The molecule has 0 amide bonds. The summed E-state index contributed by atoms with van der Waals surface area (Å²) >= 11 is 0. The highest BCUT2D eigenvalue weighted by Crippen LogP contribution is 2.15. The molecular formula is C14H18N4O. The largest absolute Gasteiger partial charge is 0.308 e. The molecule has 0 saturated carbocycles. The van der Waals surface area contributed by atoms with Crippen molar-refractivity contribution in [3.63, 3.8) is 0 Å². The molecule has 0 saturated heterocycles. The predicted octanol–water partition coefficient (Wildman–Crippen LogP) is 1.18. The second-order valence-corrected chi connectivity index (χ2v) is 4.76. The highest BCUT2D eigenvalue weighted by atomic mass is 16.1. The van der Waals surface area contributed by atoms with E-state index in [0.717, 1.165) is 23.5 Å². The van der Waals surface area contributed by atoms with Gasteiger partial charge in [-0.1, -0.05) is 6.07 Å². The zero-order valence-electron chi connectivity index (χ0n) is 11.5. The van der Waals surface area contributed by atoms with Gasteiger partial charge in [0.05, 0.1) is 12.2 Å². The van der Waals surface area contributed by atoms with Gasteiger partial charge in [-0.15, -0.1) is 0 Å². The number of hydrogen-bond donors (Lipinski definition) is 0. The summed E-state index contributed by atoms with van der Waals surface area (Å²) in [4.78, 5) is 18.2. The molecule has 5 nitrogen and oxygen atoms in total. The first-order valence-electron chi connectivity index (χ1n) is 6.23. The molecule has 2 rings (SSSR count). The lowest BCUT2D eigenvalue weighted by Gasteiger charge is -2.12. The van der Waals surface area contributed by atoms with Crippen LogP contribution in [0.3, 0.4) is 0 Å². The van der Waals surface area contributed by atoms with Crippen LogP contribution in [-0.2, 0) is 6.54 Å². The van der Waals surface area contributed by atoms with Crippen LogP contribution in [0, 0.1) is 6.92 Å². The van der Waals surface area contributed by atoms with E-state index in [1.807, 2.05) is 44.1 Å². The molecule has 2 aromatic rings. The zero-order valence-corrected chi connectivity index (χ0v) is 11.5. The first kappa shape index (κ1) is 13.4. The third-order valence-electron chi connectivity index (χ3n) is 2.86. The van der Waals surface area contributed by atoms with Crippen LogP contribution in [0.2, 0.25) is 0 Å². The van der Waals surface area contributed by atoms with Gasteiger partial charge in [0.15, 0.2) is 0 Å². The van der Waals surface area contributed by atoms with E-state index in [9.17, 15) is 4.79 Å². The summed E-state index contributed by atoms with van der Waals surface area (Å²) < 4.78 is 1.50. The zero-order chi connectivity index (χ0) is 13.8. The van der Waals surface area contributed by atoms with Crippen LogP contribution < -0.4 is 5.56 Å². The van der Waals surface area contributed by atoms with Crippen molar-refractivity contribution in [1.29, 1.82) is 0 Å². The van der Waals surface area contributed by atoms with Crippen molar-refractivity contribution in [3.05, 3.63) is 46.4 Å². The van der Waals surface area contributed by atoms with Crippen molar-refractivity contribution in [2.75, 3.05) is 20.6 Å². The molecule has 0 N–H and O–H groups in total. The van der Waals surface area contributed by atoms with Gasteiger partial charge >= 0.3 is 0 Å². The maximum absolute atomic E-state index is 11.9. The molecule has 5 heteroatoms. The van der Waals surface area contributed by atoms with Crippen molar-refractivity contribution >= 4 is 0 Å². The smallest absolute Gasteiger partial charge is 0.267 e. The summed E-state index contributed by atoms with van der Waals surface area (Å²) in [7, 11) is 3.94. The molecule has 0 fully saturated rings. The van der Waals surface area contributed by atoms with E-state index in [-0.39, 0.29) is 5.56 Å². The lowest BCUT2D eigenvalue weighted by molar-refractivity contribution is 0.368. The van der Waals surface area contributed by atoms with E-state index in [0.29, 0.717) is 6.54 Å². The maximum Gasteiger partial charge on any atom is 0.267 e. The molecule has 2 aromatic heterocycles. The van der Waals surface area contributed by atoms with Crippen LogP contribution in [0.1, 0.15) is 5.56 Å². The monoisotopic (exact) mass is 258 g/mol. The Balaban J connectivity index is 2.40. The van der Waals surface area contributed by atoms with Crippen molar-refractivity contribution in [3.8, 4) is 11.4 Å². The second kappa shape index (κ2) is 5.75. The highest BCUT2D eigenvalue weighted by Gasteiger charge is 2.08. The third-order valence-corrected chi connectivity index (χ3v) is 2.86. The Morgan fingerprint density at radius 1 is 1.32 bits per heavy atom. The van der Waals surface area contributed by atoms with Crippen molar-refractivity contribution in [1.82, 2.24) is 19.7 Å². The van der Waals surface area contributed by atoms with Gasteiger partial charge in [0.2, 0.25) is 0 Å². The molecule has 2 heterocycles. The van der Waals surface area contributed by atoms with Gasteiger partial charge in [-0.3, -0.25) is 9.78 Å². The fourth-order valence-corrected chi connectivity index (χ4v) is 1.79. The second-order valence-electron chi connectivity index (χ2n) is 4.76. The minimum Gasteiger partial charge on any atom is -0.308 e. The van der Waals surface area contributed by atoms with Crippen LogP contribution in [0.25, 0.3) is 11.4 Å². The summed E-state index contributed by atoms with van der Waals surface area (Å²) in [6.45, 7) is 3.23. The summed E-state index contributed by atoms with van der Waals surface area (Å²) in [5.41, 5.74) is 2.33. The molecular weight excluding hydrogens is 240 g/mol. The number of pyridine rings is 1. The molecule has 0 radical (unpaired) electrons. The van der Waals surface area contributed by atoms with E-state index in [2.05, 4.69) is 10.1 Å². The van der Waals surface area contributed by atoms with Crippen LogP contribution in [0.5, 0.6) is 0 Å². The molecule has 0 atom stereocenters. The third kappa shape index (κ3) is 3.26. The van der Waals surface area contributed by atoms with Crippen molar-refractivity contribution in [2.45, 2.75) is 13.5 Å². The highest BCUT2D eigenvalue weighted by molar-refractivity contribution is 5.57. The average Bonchev–Trinajstić information content (AvgIpc) is 2.38. The van der Waals surface area contributed by atoms with Gasteiger partial charge < -0.3 is 4.90 Å². The van der Waals surface area contributed by atoms with E-state index < -0.39 is 0 Å². The lowest BCUT2D eigenvalue weighted by atomic mass is 10.2. The number of likely N-dealkylation sites (N-methyl/N-ethyl adjacent to an activating group) is 1. The van der Waals surface area contributed by atoms with Gasteiger partial charge in [0.25, 0.3) is 5.56 Å². The molecule has 0 unspecified atom stereocenters. The molecule has 0 aliphatic rings. The fourth-order valence-electron chi connectivity index (χ4n) is 1.79. The standard InChI is InChI=1S/C14H18N4O/c1-11-10-13(19)18(9-8-17(2)3)16-14(11)12-6-4-5-7-15-12/h4-7,10H,8-9H2,1-3H3. The number of nitrogens with zero attached hydrogens (tertiary/aromatic N) is 4. The van der Waals surface area contributed by atoms with Gasteiger partial charge in [-0.05, 0) is 38.7 Å². The van der Waals surface area contributed by atoms with Crippen molar-refractivity contribution < 1.29 is 0 Å². The Labute approximate surface area is 112 Å². The Hall–Kier alpha value is -2.01. The molecule has 0 spiro atoms. The Bertz CT molecular complexity index is 605. The summed E-state index contributed by atoms with van der Waals surface area (Å²) in [6.07, 6.45) is 1.73. The molecule has 0 aliphatic heterocycles. The Kier molecular flexibility index (Phi) is 4.06. The van der Waals surface area contributed by atoms with Gasteiger partial charge in [-0.25, -0.2) is 4.68 Å². The molecule has 19 heavy (non-hydrogen) atoms. The van der Waals surface area contributed by atoms with Crippen molar-refractivity contribution in [2.24, 2.45) is 0 Å². The Morgan fingerprint density at radius 2 is 2.11 bits per heavy atom. The van der Waals surface area contributed by atoms with E-state index in [4.69, 9.17) is 0 Å². The number of rotatable bonds is 4. The normalized spacial score (nSPS) is 10.9. The SMILES string of the molecule is Cc1cc(=O)n(CCN(C)C)nc1-c1ccccn1. The van der Waals surface area contributed by atoms with E-state index in [1.165, 1.54) is 4.68 Å². The Morgan fingerprint density at radius 3 is 2.74 bits per heavy atom. The summed E-state index contributed by atoms with van der Waals surface area (Å²) in [6, 6.07) is 7.29. The van der Waals surface area contributed by atoms with Gasteiger partial charge in [0.1, 0.15) is 5.69 Å². The minimum atomic E-state index is -0.0703. The quantitative estimate of drug-likeness (QED) is 0.826. The fraction of sp³-hybridized carbons (Fsp3) is 0.357. The van der Waals surface area contributed by atoms with Crippen LogP contribution >= 0.6 is 0 Å². The van der Waals surface area contributed by atoms with Crippen LogP contribution in [0.4, 0.5) is 0 Å². The topological polar surface area (TPSA) is 51.0 Å². The van der Waals surface area contributed by atoms with Crippen LogP contribution in [0.15, 0.2) is 35.3 Å². The summed E-state index contributed by atoms with van der Waals surface area (Å²) in [5.74, 6) is 0. The summed E-state index contributed by atoms with van der Waals surface area (Å²) in [5, 5.41) is 4.43. The van der Waals surface area contributed by atoms with E-state index >= 15 is 0 Å². The number of aromatic nitrogens is 3. The average molecular weight is 258 g/mol. The van der Waals surface area contributed by atoms with E-state index in [1.54, 1.807) is 12.3 Å². The predicted molar refractivity (Wildman–Crippen MR) is 75.0 cm³/mol. The molecule has 0 aliphatic carbocycles. The number of aryl methyl sites for hydroxylation is 1. The molecule has 0 aromatic carbocycles. The first-order chi connectivity index (χ1) is 9.08. The maximum atomic E-state index is 11.9. The number of hydrogen-bond acceptors (Lipinski definition) is 4. The van der Waals surface area contributed by atoms with Gasteiger partial charge in [-0.2, -0.15) is 5.10 Å². The molecule has 0 bridgehead atoms. The van der Waals surface area contributed by atoms with Crippen LogP contribution in [-0.4, -0.2) is 40.3 Å². The lowest BCUT2D eigenvalue weighted by Crippen LogP contribution is -2.28.